The summed E-state index contributed by atoms with van der Waals surface area (Å²) >= 11 is 0. The van der Waals surface area contributed by atoms with Gasteiger partial charge in [0.05, 0.1) is 0 Å². The van der Waals surface area contributed by atoms with Crippen LogP contribution in [0.5, 0.6) is 0 Å². The van der Waals surface area contributed by atoms with Crippen molar-refractivity contribution in [1.29, 1.82) is 0 Å². The van der Waals surface area contributed by atoms with Gasteiger partial charge in [-0.25, -0.2) is 0 Å². The first kappa shape index (κ1) is 151. The van der Waals surface area contributed by atoms with Crippen molar-refractivity contribution in [3.05, 3.63) is 0 Å². The molecular weight excluding hydrogens is 1630 g/mol. The minimum Gasteiger partial charge on any atom is -0.0654 e. The average molecular weight is 1920 g/mol. The highest BCUT2D eigenvalue weighted by Crippen LogP contribution is 2.37. The van der Waals surface area contributed by atoms with Crippen molar-refractivity contribution in [1.82, 2.24) is 0 Å². The molecule has 0 bridgehead atoms. The van der Waals surface area contributed by atoms with E-state index in [9.17, 15) is 0 Å². The van der Waals surface area contributed by atoms with E-state index in [4.69, 9.17) is 0 Å². The van der Waals surface area contributed by atoms with Gasteiger partial charge in [0.1, 0.15) is 0 Å². The normalized spacial score (nSPS) is 13.2. The van der Waals surface area contributed by atoms with E-state index in [0.717, 1.165) is 29.6 Å². The fraction of sp³-hybridized carbons (Fsp3) is 1.00. The van der Waals surface area contributed by atoms with Gasteiger partial charge in [-0.2, -0.15) is 0 Å². The smallest absolute Gasteiger partial charge is 0.0380 e. The lowest BCUT2D eigenvalue weighted by Crippen LogP contribution is -2.13. The van der Waals surface area contributed by atoms with E-state index in [1.165, 1.54) is 552 Å². The molecule has 0 aromatic heterocycles. The molecule has 136 heavy (non-hydrogen) atoms. The van der Waals surface area contributed by atoms with E-state index >= 15 is 0 Å². The van der Waals surface area contributed by atoms with Crippen molar-refractivity contribution in [2.24, 2.45) is 72.9 Å². The van der Waals surface area contributed by atoms with Gasteiger partial charge < -0.3 is 0 Å². The summed E-state index contributed by atoms with van der Waals surface area (Å²) in [4.78, 5) is 0. The summed E-state index contributed by atoms with van der Waals surface area (Å²) in [5.74, 6) is 4.89. The van der Waals surface area contributed by atoms with Gasteiger partial charge in [0.2, 0.25) is 0 Å². The van der Waals surface area contributed by atoms with Crippen LogP contribution in [0.15, 0.2) is 0 Å². The van der Waals surface area contributed by atoms with Gasteiger partial charge in [0.25, 0.3) is 0 Å². The third-order valence-electron chi connectivity index (χ3n) is 28.6. The highest BCUT2D eigenvalue weighted by atomic mass is 14.3. The summed E-state index contributed by atoms with van der Waals surface area (Å²) in [5, 5.41) is 0. The molecule has 0 aromatic rings. The van der Waals surface area contributed by atoms with Gasteiger partial charge in [-0.1, -0.05) is 757 Å². The lowest BCUT2D eigenvalue weighted by Gasteiger charge is -2.26. The molecule has 0 aliphatic rings. The Bertz CT molecular complexity index is 2080. The molecule has 0 saturated carbocycles. The number of hydrogen-bond acceptors (Lipinski definition) is 0. The molecule has 0 aromatic carbocycles. The first-order valence-electron chi connectivity index (χ1n) is 64.1. The van der Waals surface area contributed by atoms with Crippen LogP contribution in [0.1, 0.15) is 808 Å². The molecule has 0 fully saturated rings. The van der Waals surface area contributed by atoms with E-state index in [0.29, 0.717) is 43.3 Å². The van der Waals surface area contributed by atoms with Crippen LogP contribution in [0.3, 0.4) is 0 Å². The quantitative estimate of drug-likeness (QED) is 0.0533. The van der Waals surface area contributed by atoms with E-state index in [1.807, 2.05) is 0 Å². The Labute approximate surface area is 875 Å². The molecule has 5 unspecified atom stereocenters. The zero-order valence-corrected chi connectivity index (χ0v) is 105. The van der Waals surface area contributed by atoms with Gasteiger partial charge in [-0.3, -0.25) is 0 Å². The first-order chi connectivity index (χ1) is 64.1. The first-order valence-corrected chi connectivity index (χ1v) is 64.1. The van der Waals surface area contributed by atoms with E-state index in [2.05, 4.69) is 256 Å². The number of unbranched alkanes of at least 4 members (excludes halogenated alkanes) is 56. The van der Waals surface area contributed by atoms with Crippen LogP contribution in [0.4, 0.5) is 0 Å². The van der Waals surface area contributed by atoms with Gasteiger partial charge in [-0.15, -0.1) is 0 Å². The summed E-state index contributed by atoms with van der Waals surface area (Å²) < 4.78 is 0. The largest absolute Gasteiger partial charge is 0.0654 e. The molecule has 832 valence electrons. The molecule has 0 aliphatic carbocycles. The molecular formula is C136H288. The average Bonchev–Trinajstić information content (AvgIpc) is 0.969. The third kappa shape index (κ3) is 159. The van der Waals surface area contributed by atoms with E-state index in [1.54, 1.807) is 0 Å². The van der Waals surface area contributed by atoms with Crippen LogP contribution in [0.25, 0.3) is 0 Å². The van der Waals surface area contributed by atoms with E-state index < -0.39 is 0 Å². The van der Waals surface area contributed by atoms with Gasteiger partial charge in [0, 0.05) is 0 Å². The molecule has 5 atom stereocenters. The topological polar surface area (TPSA) is 0 Å². The molecule has 0 N–H and O–H groups in total. The molecule has 0 amide bonds. The SMILES string of the molecule is CCCCC(C)(C)C.CCCCC(CC)CC(C)(C)C.CCCCCCC(CCCC)CC(C)(C)C.CCCCCCCCC(C)(C)C.CCCCCCCCC(CCCCCC)CC(C)(C)C.CCCCCCCCCCC(CCCCCCCC)CC(C)(C)C.CCCCCCCCCCCCC(C)(C)C.CCCCCCCCCCCCC(CCCCCCCCCC)CC(C)(C)C. The minimum absolute atomic E-state index is 0.503. The Balaban J connectivity index is -0.000000235. The Hall–Kier alpha value is 0. The standard InChI is InChI=1S/C28H58.C24H50.C20H42.2C16H34.2C12H26.C8H18/c1-6-8-10-12-14-16-17-19-21-23-25-27(26-28(3,4)5)24-22-20-18-15-13-11-9-7-2;1-6-8-10-12-14-15-17-19-21-23(22-24(3,4)5)20-18-16-13-11-9-7-2;1-6-8-10-12-13-15-17-19(18-20(3,4)5)16-14-11-9-7-2;1-6-8-10-11-13-15(12-9-7-2)14-16(3,4)5;1-5-6-7-8-9-10-11-12-13-14-15-16(2,3)4;1-6-8-9-11(7-2)10-12(3,4)5;1-5-6-7-8-9-10-11-12(2,3)4;1-5-6-7-8(2,3)4/h27H,6-26H2,1-5H3;23H,6-22H2,1-5H3;19H,6-18H2,1-5H3;15H,6-14H2,1-5H3;5-15H2,1-4H3;11H,6-10H2,1-5H3;5-11H2,1-4H3;5-7H2,1-4H3. The highest BCUT2D eigenvalue weighted by Gasteiger charge is 2.24. The van der Waals surface area contributed by atoms with Crippen LogP contribution >= 0.6 is 0 Å². The second kappa shape index (κ2) is 109. The van der Waals surface area contributed by atoms with Crippen molar-refractivity contribution in [3.8, 4) is 0 Å². The van der Waals surface area contributed by atoms with Gasteiger partial charge >= 0.3 is 0 Å². The second-order valence-corrected chi connectivity index (χ2v) is 55.4. The zero-order valence-electron chi connectivity index (χ0n) is 105. The van der Waals surface area contributed by atoms with Crippen LogP contribution in [0.2, 0.25) is 0 Å². The third-order valence-corrected chi connectivity index (χ3v) is 28.6. The molecule has 0 spiro atoms. The number of rotatable bonds is 83. The second-order valence-electron chi connectivity index (χ2n) is 55.4. The predicted molar refractivity (Wildman–Crippen MR) is 644 cm³/mol. The monoisotopic (exact) mass is 1920 g/mol. The number of hydrogen-bond donors (Lipinski definition) is 0. The zero-order chi connectivity index (χ0) is 105. The summed E-state index contributed by atoms with van der Waals surface area (Å²) in [7, 11) is 0. The maximum Gasteiger partial charge on any atom is -0.0380 e. The van der Waals surface area contributed by atoms with Crippen LogP contribution in [-0.4, -0.2) is 0 Å². The summed E-state index contributed by atoms with van der Waals surface area (Å²) in [6.07, 6.45) is 124. The molecule has 0 radical (unpaired) electrons. The Kier molecular flexibility index (Phi) is 121. The molecule has 0 rings (SSSR count). The Morgan fingerprint density at radius 1 is 0.103 bits per heavy atom. The van der Waals surface area contributed by atoms with Crippen molar-refractivity contribution < 1.29 is 0 Å². The molecule has 0 heteroatoms. The van der Waals surface area contributed by atoms with Crippen molar-refractivity contribution in [2.45, 2.75) is 808 Å². The van der Waals surface area contributed by atoms with Gasteiger partial charge in [-0.05, 0) is 124 Å². The van der Waals surface area contributed by atoms with Crippen molar-refractivity contribution in [3.63, 3.8) is 0 Å². The van der Waals surface area contributed by atoms with Crippen LogP contribution in [-0.2, 0) is 0 Å². The molecule has 0 nitrogen and oxygen atoms in total. The van der Waals surface area contributed by atoms with Crippen molar-refractivity contribution >= 4 is 0 Å². The fourth-order valence-corrected chi connectivity index (χ4v) is 20.6. The van der Waals surface area contributed by atoms with Gasteiger partial charge in [0.15, 0.2) is 0 Å². The minimum atomic E-state index is 0.503. The maximum absolute atomic E-state index is 2.44. The molecule has 0 heterocycles. The predicted octanol–water partition coefficient (Wildman–Crippen LogP) is 53.1. The lowest BCUT2D eigenvalue weighted by atomic mass is 9.80. The lowest BCUT2D eigenvalue weighted by molar-refractivity contribution is 0.259. The summed E-state index contributed by atoms with van der Waals surface area (Å²) in [6, 6.07) is 0. The van der Waals surface area contributed by atoms with Crippen LogP contribution < -0.4 is 0 Å². The Morgan fingerprint density at radius 3 is 0.346 bits per heavy atom. The molecule has 0 saturated heterocycles. The van der Waals surface area contributed by atoms with E-state index in [-0.39, 0.29) is 0 Å². The summed E-state index contributed by atoms with van der Waals surface area (Å²) in [5.41, 5.74) is 4.20. The van der Waals surface area contributed by atoms with Crippen molar-refractivity contribution in [2.75, 3.05) is 0 Å². The van der Waals surface area contributed by atoms with Crippen LogP contribution in [0, 0.1) is 72.9 Å². The molecule has 0 aliphatic heterocycles. The maximum atomic E-state index is 2.44. The summed E-state index contributed by atoms with van der Waals surface area (Å²) in [6.45, 7) is 86.8. The Morgan fingerprint density at radius 2 is 0.213 bits per heavy atom. The fourth-order valence-electron chi connectivity index (χ4n) is 20.6. The highest BCUT2D eigenvalue weighted by molar-refractivity contribution is 4.76.